The Kier molecular flexibility index (Phi) is 3.30. The highest BCUT2D eigenvalue weighted by molar-refractivity contribution is 5.57. The van der Waals surface area contributed by atoms with Gasteiger partial charge in [-0.1, -0.05) is 32.0 Å². The van der Waals surface area contributed by atoms with Crippen LogP contribution in [0.15, 0.2) is 24.3 Å². The van der Waals surface area contributed by atoms with E-state index in [-0.39, 0.29) is 6.04 Å². The molecular weight excluding hydrogens is 234 g/mol. The quantitative estimate of drug-likeness (QED) is 0.850. The molecule has 0 bridgehead atoms. The highest BCUT2D eigenvalue weighted by atomic mass is 16.3. The summed E-state index contributed by atoms with van der Waals surface area (Å²) < 4.78 is 0. The molecule has 19 heavy (non-hydrogen) atoms. The molecule has 1 aromatic rings. The summed E-state index contributed by atoms with van der Waals surface area (Å²) in [5.41, 5.74) is 2.06. The third-order valence-electron chi connectivity index (χ3n) is 5.26. The van der Waals surface area contributed by atoms with E-state index in [1.54, 1.807) is 0 Å². The van der Waals surface area contributed by atoms with Gasteiger partial charge in [-0.15, -0.1) is 0 Å². The zero-order valence-corrected chi connectivity index (χ0v) is 12.0. The number of nitrogens with one attached hydrogen (secondary N) is 1. The number of hydrogen-bond donors (Lipinski definition) is 2. The molecule has 0 amide bonds. The van der Waals surface area contributed by atoms with Gasteiger partial charge in [0.1, 0.15) is 0 Å². The van der Waals surface area contributed by atoms with E-state index in [2.05, 4.69) is 43.4 Å². The molecule has 104 valence electrons. The van der Waals surface area contributed by atoms with Gasteiger partial charge in [0.25, 0.3) is 0 Å². The van der Waals surface area contributed by atoms with Crippen LogP contribution in [0.1, 0.15) is 45.1 Å². The largest absolute Gasteiger partial charge is 0.388 e. The predicted molar refractivity (Wildman–Crippen MR) is 79.3 cm³/mol. The summed E-state index contributed by atoms with van der Waals surface area (Å²) in [6.07, 6.45) is 5.20. The van der Waals surface area contributed by atoms with Crippen LogP contribution in [0.25, 0.3) is 0 Å². The molecule has 1 aromatic carbocycles. The van der Waals surface area contributed by atoms with Crippen molar-refractivity contribution in [3.05, 3.63) is 29.8 Å². The van der Waals surface area contributed by atoms with E-state index in [0.717, 1.165) is 31.1 Å². The van der Waals surface area contributed by atoms with Crippen molar-refractivity contribution in [3.8, 4) is 0 Å². The summed E-state index contributed by atoms with van der Waals surface area (Å²) in [5, 5.41) is 14.5. The molecule has 1 aliphatic carbocycles. The summed E-state index contributed by atoms with van der Waals surface area (Å²) in [6.45, 7) is 4.61. The maximum atomic E-state index is 11.0. The Morgan fingerprint density at radius 1 is 1.21 bits per heavy atom. The first-order chi connectivity index (χ1) is 9.08. The second-order valence-electron chi connectivity index (χ2n) is 6.74. The van der Waals surface area contributed by atoms with Gasteiger partial charge in [0.15, 0.2) is 0 Å². The second-order valence-corrected chi connectivity index (χ2v) is 6.74. The number of aliphatic hydroxyl groups is 1. The molecule has 1 heterocycles. The molecule has 0 radical (unpaired) electrons. The van der Waals surface area contributed by atoms with E-state index >= 15 is 0 Å². The van der Waals surface area contributed by atoms with Crippen LogP contribution in [-0.4, -0.2) is 16.7 Å². The fourth-order valence-corrected chi connectivity index (χ4v) is 3.78. The molecule has 0 saturated heterocycles. The third kappa shape index (κ3) is 2.38. The minimum absolute atomic E-state index is 0.206. The standard InChI is InChI=1S/C17H25NO/c1-12(2)13-7-9-17(19,10-8-13)16-11-14-5-3-4-6-15(14)18-16/h3-6,12-13,16,18-19H,7-11H2,1-2H3. The number of benzene rings is 1. The summed E-state index contributed by atoms with van der Waals surface area (Å²) in [5.74, 6) is 1.54. The van der Waals surface area contributed by atoms with Gasteiger partial charge in [0, 0.05) is 5.69 Å². The topological polar surface area (TPSA) is 32.3 Å². The summed E-state index contributed by atoms with van der Waals surface area (Å²) in [6, 6.07) is 8.65. The monoisotopic (exact) mass is 259 g/mol. The van der Waals surface area contributed by atoms with Gasteiger partial charge in [-0.3, -0.25) is 0 Å². The maximum absolute atomic E-state index is 11.0. The molecule has 3 rings (SSSR count). The number of hydrogen-bond acceptors (Lipinski definition) is 2. The van der Waals surface area contributed by atoms with E-state index in [0.29, 0.717) is 0 Å². The Labute approximate surface area is 116 Å². The van der Waals surface area contributed by atoms with E-state index < -0.39 is 5.60 Å². The molecule has 1 unspecified atom stereocenters. The van der Waals surface area contributed by atoms with Crippen LogP contribution in [0.3, 0.4) is 0 Å². The smallest absolute Gasteiger partial charge is 0.0851 e. The van der Waals surface area contributed by atoms with E-state index in [1.165, 1.54) is 24.1 Å². The van der Waals surface area contributed by atoms with Crippen LogP contribution >= 0.6 is 0 Å². The first kappa shape index (κ1) is 13.0. The average Bonchev–Trinajstić information content (AvgIpc) is 2.83. The lowest BCUT2D eigenvalue weighted by molar-refractivity contribution is -0.0290. The Bertz CT molecular complexity index is 421. The normalized spacial score (nSPS) is 34.1. The second kappa shape index (κ2) is 4.82. The first-order valence-electron chi connectivity index (χ1n) is 7.65. The van der Waals surface area contributed by atoms with Gasteiger partial charge < -0.3 is 10.4 Å². The number of para-hydroxylation sites is 1. The van der Waals surface area contributed by atoms with Crippen LogP contribution in [-0.2, 0) is 6.42 Å². The summed E-state index contributed by atoms with van der Waals surface area (Å²) in [4.78, 5) is 0. The van der Waals surface area contributed by atoms with Crippen LogP contribution in [0.2, 0.25) is 0 Å². The molecule has 2 N–H and O–H groups in total. The van der Waals surface area contributed by atoms with Crippen molar-refractivity contribution in [1.82, 2.24) is 0 Å². The highest BCUT2D eigenvalue weighted by Gasteiger charge is 2.42. The SMILES string of the molecule is CC(C)C1CCC(O)(C2Cc3ccccc3N2)CC1. The van der Waals surface area contributed by atoms with Crippen molar-refractivity contribution in [2.45, 2.75) is 57.6 Å². The van der Waals surface area contributed by atoms with Gasteiger partial charge in [0.2, 0.25) is 0 Å². The third-order valence-corrected chi connectivity index (χ3v) is 5.26. The van der Waals surface area contributed by atoms with Gasteiger partial charge in [-0.2, -0.15) is 0 Å². The minimum atomic E-state index is -0.510. The van der Waals surface area contributed by atoms with E-state index in [1.807, 2.05) is 0 Å². The number of anilines is 1. The maximum Gasteiger partial charge on any atom is 0.0851 e. The summed E-state index contributed by atoms with van der Waals surface area (Å²) >= 11 is 0. The highest BCUT2D eigenvalue weighted by Crippen LogP contribution is 2.41. The molecule has 2 aliphatic rings. The zero-order valence-electron chi connectivity index (χ0n) is 12.0. The van der Waals surface area contributed by atoms with E-state index in [9.17, 15) is 5.11 Å². The van der Waals surface area contributed by atoms with Crippen LogP contribution in [0.4, 0.5) is 5.69 Å². The Morgan fingerprint density at radius 2 is 1.89 bits per heavy atom. The first-order valence-corrected chi connectivity index (χ1v) is 7.65. The molecule has 2 nitrogen and oxygen atoms in total. The fourth-order valence-electron chi connectivity index (χ4n) is 3.78. The Balaban J connectivity index is 1.68. The molecule has 0 spiro atoms. The molecular formula is C17H25NO. The molecule has 1 aliphatic heterocycles. The number of rotatable bonds is 2. The Morgan fingerprint density at radius 3 is 2.53 bits per heavy atom. The Hall–Kier alpha value is -1.02. The van der Waals surface area contributed by atoms with E-state index in [4.69, 9.17) is 0 Å². The predicted octanol–water partition coefficient (Wildman–Crippen LogP) is 3.60. The van der Waals surface area contributed by atoms with Gasteiger partial charge in [-0.05, 0) is 55.6 Å². The minimum Gasteiger partial charge on any atom is -0.388 e. The summed E-state index contributed by atoms with van der Waals surface area (Å²) in [7, 11) is 0. The average molecular weight is 259 g/mol. The van der Waals surface area contributed by atoms with Gasteiger partial charge >= 0.3 is 0 Å². The van der Waals surface area contributed by atoms with Crippen LogP contribution in [0.5, 0.6) is 0 Å². The molecule has 2 heteroatoms. The van der Waals surface area contributed by atoms with Crippen LogP contribution < -0.4 is 5.32 Å². The van der Waals surface area contributed by atoms with Crippen molar-refractivity contribution >= 4 is 5.69 Å². The number of fused-ring (bicyclic) bond motifs is 1. The van der Waals surface area contributed by atoms with Crippen molar-refractivity contribution in [2.75, 3.05) is 5.32 Å². The fraction of sp³-hybridized carbons (Fsp3) is 0.647. The van der Waals surface area contributed by atoms with Crippen molar-refractivity contribution in [2.24, 2.45) is 11.8 Å². The lowest BCUT2D eigenvalue weighted by Crippen LogP contribution is -2.48. The lowest BCUT2D eigenvalue weighted by Gasteiger charge is -2.41. The van der Waals surface area contributed by atoms with Gasteiger partial charge in [0.05, 0.1) is 11.6 Å². The molecule has 1 saturated carbocycles. The molecule has 1 fully saturated rings. The van der Waals surface area contributed by atoms with Crippen LogP contribution in [0, 0.1) is 11.8 Å². The van der Waals surface area contributed by atoms with Crippen molar-refractivity contribution in [3.63, 3.8) is 0 Å². The molecule has 1 atom stereocenters. The van der Waals surface area contributed by atoms with Crippen molar-refractivity contribution in [1.29, 1.82) is 0 Å². The molecule has 0 aromatic heterocycles. The van der Waals surface area contributed by atoms with Gasteiger partial charge in [-0.25, -0.2) is 0 Å². The van der Waals surface area contributed by atoms with Crippen molar-refractivity contribution < 1.29 is 5.11 Å². The zero-order chi connectivity index (χ0) is 13.5. The lowest BCUT2D eigenvalue weighted by atomic mass is 9.71.